The molecule has 1 saturated carbocycles. The smallest absolute Gasteiger partial charge is 0.295 e. The van der Waals surface area contributed by atoms with Crippen LogP contribution in [0.3, 0.4) is 0 Å². The van der Waals surface area contributed by atoms with Gasteiger partial charge in [0.1, 0.15) is 0 Å². The predicted molar refractivity (Wildman–Crippen MR) is 61.9 cm³/mol. The topological polar surface area (TPSA) is 67.0 Å². The van der Waals surface area contributed by atoms with Gasteiger partial charge in [0.15, 0.2) is 5.82 Å². The van der Waals surface area contributed by atoms with Crippen LogP contribution in [0.2, 0.25) is 0 Å². The minimum atomic E-state index is -0.247. The van der Waals surface area contributed by atoms with Gasteiger partial charge >= 0.3 is 0 Å². The van der Waals surface area contributed by atoms with Crippen LogP contribution in [0.15, 0.2) is 11.1 Å². The molecule has 2 rings (SSSR count). The quantitative estimate of drug-likeness (QED) is 0.791. The number of rotatable bonds is 5. The number of nitrogens with one attached hydrogen (secondary N) is 2. The van der Waals surface area contributed by atoms with Gasteiger partial charge < -0.3 is 15.0 Å². The summed E-state index contributed by atoms with van der Waals surface area (Å²) in [7, 11) is 1.48. The highest BCUT2D eigenvalue weighted by Crippen LogP contribution is 2.29. The van der Waals surface area contributed by atoms with Crippen molar-refractivity contribution in [2.45, 2.75) is 25.7 Å². The monoisotopic (exact) mass is 223 g/mol. The lowest BCUT2D eigenvalue weighted by atomic mass is 9.83. The van der Waals surface area contributed by atoms with Gasteiger partial charge in [0.25, 0.3) is 5.56 Å². The van der Waals surface area contributed by atoms with E-state index >= 15 is 0 Å². The van der Waals surface area contributed by atoms with Crippen molar-refractivity contribution < 1.29 is 4.74 Å². The first kappa shape index (κ1) is 11.0. The van der Waals surface area contributed by atoms with Crippen LogP contribution in [0.5, 0.6) is 5.75 Å². The van der Waals surface area contributed by atoms with Crippen molar-refractivity contribution in [1.29, 1.82) is 0 Å². The van der Waals surface area contributed by atoms with Crippen molar-refractivity contribution in [3.63, 3.8) is 0 Å². The molecule has 1 heterocycles. The number of hydrogen-bond donors (Lipinski definition) is 2. The first-order valence-electron chi connectivity index (χ1n) is 5.67. The highest BCUT2D eigenvalue weighted by molar-refractivity contribution is 5.47. The second-order valence-corrected chi connectivity index (χ2v) is 4.13. The normalized spacial score (nSPS) is 15.6. The number of methoxy groups -OCH3 is 1. The number of aromatic nitrogens is 2. The standard InChI is InChI=1S/C11H17N3O2/c1-16-9-10(13-7-14-11(9)15)12-6-5-8-3-2-4-8/h7-8H,2-6H2,1H3,(H2,12,13,14,15). The fourth-order valence-electron chi connectivity index (χ4n) is 1.88. The van der Waals surface area contributed by atoms with Crippen LogP contribution in [0, 0.1) is 5.92 Å². The van der Waals surface area contributed by atoms with Crippen molar-refractivity contribution in [2.24, 2.45) is 5.92 Å². The summed E-state index contributed by atoms with van der Waals surface area (Å²) in [4.78, 5) is 17.9. The number of ether oxygens (including phenoxy) is 1. The molecule has 0 aromatic carbocycles. The van der Waals surface area contributed by atoms with E-state index in [1.807, 2.05) is 0 Å². The average molecular weight is 223 g/mol. The second kappa shape index (κ2) is 5.01. The third-order valence-corrected chi connectivity index (χ3v) is 3.08. The molecule has 0 saturated heterocycles. The molecule has 1 aromatic heterocycles. The third kappa shape index (κ3) is 2.35. The van der Waals surface area contributed by atoms with Crippen molar-refractivity contribution in [3.05, 3.63) is 16.7 Å². The molecule has 88 valence electrons. The Morgan fingerprint density at radius 1 is 1.62 bits per heavy atom. The van der Waals surface area contributed by atoms with Crippen molar-refractivity contribution in [2.75, 3.05) is 19.0 Å². The summed E-state index contributed by atoms with van der Waals surface area (Å²) in [5.41, 5.74) is -0.247. The van der Waals surface area contributed by atoms with Gasteiger partial charge in [0.05, 0.1) is 13.4 Å². The molecule has 2 N–H and O–H groups in total. The average Bonchev–Trinajstić information content (AvgIpc) is 2.22. The number of H-pyrrole nitrogens is 1. The lowest BCUT2D eigenvalue weighted by molar-refractivity contribution is 0.302. The van der Waals surface area contributed by atoms with E-state index in [-0.39, 0.29) is 11.3 Å². The lowest BCUT2D eigenvalue weighted by Gasteiger charge is -2.25. The maximum Gasteiger partial charge on any atom is 0.295 e. The first-order valence-corrected chi connectivity index (χ1v) is 5.67. The maximum absolute atomic E-state index is 11.4. The molecule has 1 aliphatic rings. The van der Waals surface area contributed by atoms with Crippen molar-refractivity contribution in [3.8, 4) is 5.75 Å². The lowest BCUT2D eigenvalue weighted by Crippen LogP contribution is -2.18. The zero-order chi connectivity index (χ0) is 11.4. The van der Waals surface area contributed by atoms with E-state index < -0.39 is 0 Å². The van der Waals surface area contributed by atoms with Crippen LogP contribution >= 0.6 is 0 Å². The summed E-state index contributed by atoms with van der Waals surface area (Å²) >= 11 is 0. The number of anilines is 1. The molecule has 0 radical (unpaired) electrons. The summed E-state index contributed by atoms with van der Waals surface area (Å²) < 4.78 is 5.01. The molecule has 5 nitrogen and oxygen atoms in total. The molecule has 0 amide bonds. The van der Waals surface area contributed by atoms with Gasteiger partial charge in [0, 0.05) is 6.54 Å². The molecular weight excluding hydrogens is 206 g/mol. The molecule has 0 unspecified atom stereocenters. The molecular formula is C11H17N3O2. The van der Waals surface area contributed by atoms with E-state index in [0.717, 1.165) is 18.9 Å². The molecule has 0 bridgehead atoms. The van der Waals surface area contributed by atoms with Gasteiger partial charge in [-0.3, -0.25) is 4.79 Å². The minimum absolute atomic E-state index is 0.247. The molecule has 1 aromatic rings. The zero-order valence-corrected chi connectivity index (χ0v) is 9.45. The van der Waals surface area contributed by atoms with Gasteiger partial charge in [-0.25, -0.2) is 4.98 Å². The summed E-state index contributed by atoms with van der Waals surface area (Å²) in [6, 6.07) is 0. The molecule has 5 heteroatoms. The maximum atomic E-state index is 11.4. The van der Waals surface area contributed by atoms with E-state index in [0.29, 0.717) is 5.82 Å². The molecule has 0 spiro atoms. The number of hydrogen-bond acceptors (Lipinski definition) is 4. The van der Waals surface area contributed by atoms with Gasteiger partial charge in [0.2, 0.25) is 5.75 Å². The Labute approximate surface area is 94.2 Å². The molecule has 16 heavy (non-hydrogen) atoms. The Kier molecular flexibility index (Phi) is 3.44. The fraction of sp³-hybridized carbons (Fsp3) is 0.636. The Morgan fingerprint density at radius 3 is 3.06 bits per heavy atom. The predicted octanol–water partition coefficient (Wildman–Crippen LogP) is 1.38. The molecule has 1 fully saturated rings. The van der Waals surface area contributed by atoms with Crippen LogP contribution in [0.25, 0.3) is 0 Å². The van der Waals surface area contributed by atoms with Crippen LogP contribution in [0.4, 0.5) is 5.82 Å². The van der Waals surface area contributed by atoms with Gasteiger partial charge in [-0.1, -0.05) is 19.3 Å². The summed E-state index contributed by atoms with van der Waals surface area (Å²) in [5.74, 6) is 1.64. The van der Waals surface area contributed by atoms with E-state index in [4.69, 9.17) is 4.74 Å². The van der Waals surface area contributed by atoms with Crippen molar-refractivity contribution in [1.82, 2.24) is 9.97 Å². The van der Waals surface area contributed by atoms with Crippen LogP contribution in [0.1, 0.15) is 25.7 Å². The molecule has 1 aliphatic carbocycles. The summed E-state index contributed by atoms with van der Waals surface area (Å²) in [5, 5.41) is 3.15. The van der Waals surface area contributed by atoms with Crippen LogP contribution < -0.4 is 15.6 Å². The molecule has 0 aliphatic heterocycles. The largest absolute Gasteiger partial charge is 0.489 e. The highest BCUT2D eigenvalue weighted by Gasteiger charge is 2.17. The van der Waals surface area contributed by atoms with Crippen LogP contribution in [-0.4, -0.2) is 23.6 Å². The Balaban J connectivity index is 1.92. The van der Waals surface area contributed by atoms with Gasteiger partial charge in [-0.15, -0.1) is 0 Å². The summed E-state index contributed by atoms with van der Waals surface area (Å²) in [6.07, 6.45) is 6.55. The van der Waals surface area contributed by atoms with E-state index in [2.05, 4.69) is 15.3 Å². The first-order chi connectivity index (χ1) is 7.81. The zero-order valence-electron chi connectivity index (χ0n) is 9.45. The van der Waals surface area contributed by atoms with Gasteiger partial charge in [-0.05, 0) is 12.3 Å². The Morgan fingerprint density at radius 2 is 2.44 bits per heavy atom. The number of nitrogens with zero attached hydrogens (tertiary/aromatic N) is 1. The Bertz CT molecular complexity index is 398. The molecule has 0 atom stereocenters. The number of aromatic amines is 1. The SMILES string of the molecule is COc1c(NCCC2CCC2)nc[nH]c1=O. The van der Waals surface area contributed by atoms with E-state index in [1.165, 1.54) is 32.7 Å². The Hall–Kier alpha value is -1.52. The van der Waals surface area contributed by atoms with Crippen LogP contribution in [-0.2, 0) is 0 Å². The third-order valence-electron chi connectivity index (χ3n) is 3.08. The second-order valence-electron chi connectivity index (χ2n) is 4.13. The van der Waals surface area contributed by atoms with E-state index in [1.54, 1.807) is 0 Å². The summed E-state index contributed by atoms with van der Waals surface area (Å²) in [6.45, 7) is 0.845. The highest BCUT2D eigenvalue weighted by atomic mass is 16.5. The van der Waals surface area contributed by atoms with Crippen molar-refractivity contribution >= 4 is 5.82 Å². The minimum Gasteiger partial charge on any atom is -0.489 e. The fourth-order valence-corrected chi connectivity index (χ4v) is 1.88. The van der Waals surface area contributed by atoms with E-state index in [9.17, 15) is 4.79 Å². The van der Waals surface area contributed by atoms with Gasteiger partial charge in [-0.2, -0.15) is 0 Å².